The van der Waals surface area contributed by atoms with E-state index in [-0.39, 0.29) is 53.4 Å². The molecule has 33 heavy (non-hydrogen) atoms. The lowest BCUT2D eigenvalue weighted by Crippen LogP contribution is -2.40. The standard InChI is InChI=1S/C27H23NO5/c1-14-2-4-15(5-3-14)22(29)13-33-27(32)16-6-8-17(9-7-16)28-25(30)23-18-10-11-19(21-12-20(18)21)24(23)26(28)31/h2-11,18-21,23-24H,12-13H2,1H3/t18-,19+,20-,21-,23+,24+/m1/s1. The van der Waals surface area contributed by atoms with Crippen LogP contribution in [0.4, 0.5) is 5.69 Å². The van der Waals surface area contributed by atoms with E-state index in [9.17, 15) is 19.2 Å². The number of esters is 1. The third kappa shape index (κ3) is 3.08. The minimum absolute atomic E-state index is 0.131. The van der Waals surface area contributed by atoms with Gasteiger partial charge in [0.1, 0.15) is 0 Å². The highest BCUT2D eigenvalue weighted by atomic mass is 16.5. The van der Waals surface area contributed by atoms with Crippen molar-refractivity contribution in [3.63, 3.8) is 0 Å². The van der Waals surface area contributed by atoms with Gasteiger partial charge in [-0.3, -0.25) is 19.3 Å². The molecule has 6 atom stereocenters. The van der Waals surface area contributed by atoms with Gasteiger partial charge in [0.25, 0.3) is 0 Å². The Morgan fingerprint density at radius 1 is 0.848 bits per heavy atom. The van der Waals surface area contributed by atoms with Gasteiger partial charge in [0.15, 0.2) is 12.4 Å². The molecule has 0 radical (unpaired) electrons. The van der Waals surface area contributed by atoms with Crippen LogP contribution in [0.2, 0.25) is 0 Å². The second kappa shape index (κ2) is 7.24. The number of ketones is 1. The Kier molecular flexibility index (Phi) is 4.41. The van der Waals surface area contributed by atoms with Crippen LogP contribution in [0.1, 0.15) is 32.7 Å². The first-order valence-corrected chi connectivity index (χ1v) is 11.4. The summed E-state index contributed by atoms with van der Waals surface area (Å²) in [7, 11) is 0. The van der Waals surface area contributed by atoms with Crippen LogP contribution < -0.4 is 4.90 Å². The maximum Gasteiger partial charge on any atom is 0.338 e. The third-order valence-electron chi connectivity index (χ3n) is 7.73. The number of carbonyl (C=O) groups excluding carboxylic acids is 4. The van der Waals surface area contributed by atoms with Gasteiger partial charge >= 0.3 is 5.97 Å². The van der Waals surface area contributed by atoms with Crippen molar-refractivity contribution in [1.82, 2.24) is 0 Å². The zero-order valence-electron chi connectivity index (χ0n) is 18.1. The summed E-state index contributed by atoms with van der Waals surface area (Å²) in [6.07, 6.45) is 5.41. The highest BCUT2D eigenvalue weighted by Gasteiger charge is 2.67. The highest BCUT2D eigenvalue weighted by Crippen LogP contribution is 2.65. The van der Waals surface area contributed by atoms with Crippen LogP contribution in [-0.2, 0) is 14.3 Å². The van der Waals surface area contributed by atoms with Crippen molar-refractivity contribution in [3.05, 3.63) is 77.4 Å². The molecule has 166 valence electrons. The summed E-state index contributed by atoms with van der Waals surface area (Å²) in [5.41, 5.74) is 2.26. The van der Waals surface area contributed by atoms with Crippen molar-refractivity contribution in [3.8, 4) is 0 Å². The Morgan fingerprint density at radius 2 is 1.39 bits per heavy atom. The number of ether oxygens (including phenoxy) is 1. The summed E-state index contributed by atoms with van der Waals surface area (Å²) in [5.74, 6) is -0.229. The van der Waals surface area contributed by atoms with Gasteiger partial charge in [-0.05, 0) is 61.3 Å². The van der Waals surface area contributed by atoms with E-state index in [4.69, 9.17) is 4.74 Å². The molecule has 7 rings (SSSR count). The Balaban J connectivity index is 1.14. The van der Waals surface area contributed by atoms with Gasteiger partial charge in [0.2, 0.25) is 11.8 Å². The molecule has 6 heteroatoms. The SMILES string of the molecule is Cc1ccc(C(=O)COC(=O)c2ccc(N3C(=O)[C@H]4[C@@H]5C=C[C@@H]([C@H]6C[C@H]56)[C@@H]4C3=O)cc2)cc1. The summed E-state index contributed by atoms with van der Waals surface area (Å²) < 4.78 is 5.17. The summed E-state index contributed by atoms with van der Waals surface area (Å²) in [4.78, 5) is 52.3. The summed E-state index contributed by atoms with van der Waals surface area (Å²) in [6, 6.07) is 13.3. The number of imide groups is 1. The first-order valence-electron chi connectivity index (χ1n) is 11.4. The van der Waals surface area contributed by atoms with E-state index in [1.54, 1.807) is 24.3 Å². The molecule has 1 aliphatic heterocycles. The third-order valence-corrected chi connectivity index (χ3v) is 7.73. The van der Waals surface area contributed by atoms with Gasteiger partial charge in [-0.2, -0.15) is 0 Å². The van der Waals surface area contributed by atoms with E-state index in [0.717, 1.165) is 12.0 Å². The summed E-state index contributed by atoms with van der Waals surface area (Å²) in [5, 5.41) is 0. The van der Waals surface area contributed by atoms with Crippen LogP contribution >= 0.6 is 0 Å². The minimum atomic E-state index is -0.628. The number of anilines is 1. The molecule has 0 unspecified atom stereocenters. The molecule has 2 aromatic carbocycles. The fourth-order valence-electron chi connectivity index (χ4n) is 6.00. The number of aryl methyl sites for hydroxylation is 1. The van der Waals surface area contributed by atoms with Crippen molar-refractivity contribution in [1.29, 1.82) is 0 Å². The zero-order chi connectivity index (χ0) is 22.9. The van der Waals surface area contributed by atoms with Crippen molar-refractivity contribution < 1.29 is 23.9 Å². The molecule has 2 bridgehead atoms. The van der Waals surface area contributed by atoms with Crippen LogP contribution in [0.5, 0.6) is 0 Å². The number of allylic oxidation sites excluding steroid dienone is 2. The number of Topliss-reactive ketones (excluding diaryl/α,β-unsaturated/α-hetero) is 1. The highest BCUT2D eigenvalue weighted by molar-refractivity contribution is 6.22. The lowest BCUT2D eigenvalue weighted by molar-refractivity contribution is -0.124. The lowest BCUT2D eigenvalue weighted by Gasteiger charge is -2.37. The molecular formula is C27H23NO5. The summed E-state index contributed by atoms with van der Waals surface area (Å²) >= 11 is 0. The monoisotopic (exact) mass is 441 g/mol. The molecule has 6 nitrogen and oxygen atoms in total. The van der Waals surface area contributed by atoms with Crippen LogP contribution in [0, 0.1) is 42.4 Å². The van der Waals surface area contributed by atoms with E-state index >= 15 is 0 Å². The first-order chi connectivity index (χ1) is 15.9. The molecule has 1 saturated heterocycles. The molecule has 0 spiro atoms. The van der Waals surface area contributed by atoms with Gasteiger partial charge in [-0.15, -0.1) is 0 Å². The fourth-order valence-corrected chi connectivity index (χ4v) is 6.00. The van der Waals surface area contributed by atoms with Crippen molar-refractivity contribution >= 4 is 29.3 Å². The van der Waals surface area contributed by atoms with Gasteiger partial charge < -0.3 is 4.74 Å². The number of hydrogen-bond acceptors (Lipinski definition) is 5. The van der Waals surface area contributed by atoms with E-state index in [2.05, 4.69) is 12.2 Å². The first kappa shape index (κ1) is 20.1. The summed E-state index contributed by atoms with van der Waals surface area (Å²) in [6.45, 7) is 1.58. The van der Waals surface area contributed by atoms with Crippen LogP contribution in [-0.4, -0.2) is 30.2 Å². The number of benzene rings is 2. The van der Waals surface area contributed by atoms with Crippen molar-refractivity contribution in [2.24, 2.45) is 35.5 Å². The van der Waals surface area contributed by atoms with Gasteiger partial charge in [0.05, 0.1) is 23.1 Å². The molecule has 5 aliphatic rings. The molecule has 3 fully saturated rings. The fraction of sp³-hybridized carbons (Fsp3) is 0.333. The Bertz CT molecular complexity index is 1180. The quantitative estimate of drug-likeness (QED) is 0.307. The molecule has 4 aliphatic carbocycles. The predicted octanol–water partition coefficient (Wildman–Crippen LogP) is 3.59. The smallest absolute Gasteiger partial charge is 0.338 e. The molecular weight excluding hydrogens is 418 g/mol. The van der Waals surface area contributed by atoms with Crippen molar-refractivity contribution in [2.75, 3.05) is 11.5 Å². The van der Waals surface area contributed by atoms with Gasteiger partial charge in [-0.1, -0.05) is 42.0 Å². The largest absolute Gasteiger partial charge is 0.454 e. The predicted molar refractivity (Wildman–Crippen MR) is 119 cm³/mol. The van der Waals surface area contributed by atoms with Crippen molar-refractivity contribution in [2.45, 2.75) is 13.3 Å². The van der Waals surface area contributed by atoms with Gasteiger partial charge in [0, 0.05) is 5.56 Å². The van der Waals surface area contributed by atoms with E-state index in [1.165, 1.54) is 17.0 Å². The molecule has 2 amide bonds. The maximum absolute atomic E-state index is 13.2. The zero-order valence-corrected chi connectivity index (χ0v) is 18.1. The van der Waals surface area contributed by atoms with Crippen LogP contribution in [0.15, 0.2) is 60.7 Å². The average Bonchev–Trinajstić information content (AvgIpc) is 3.61. The molecule has 0 N–H and O–H groups in total. The number of hydrogen-bond donors (Lipinski definition) is 0. The van der Waals surface area contributed by atoms with E-state index in [1.807, 2.05) is 19.1 Å². The molecule has 0 aromatic heterocycles. The Labute approximate surface area is 191 Å². The Hall–Kier alpha value is -3.54. The second-order valence-corrected chi connectivity index (χ2v) is 9.58. The number of rotatable bonds is 5. The molecule has 1 heterocycles. The topological polar surface area (TPSA) is 80.8 Å². The van der Waals surface area contributed by atoms with Crippen LogP contribution in [0.3, 0.4) is 0 Å². The maximum atomic E-state index is 13.2. The van der Waals surface area contributed by atoms with E-state index in [0.29, 0.717) is 23.1 Å². The van der Waals surface area contributed by atoms with Crippen LogP contribution in [0.25, 0.3) is 0 Å². The minimum Gasteiger partial charge on any atom is -0.454 e. The number of amides is 2. The molecule has 2 saturated carbocycles. The van der Waals surface area contributed by atoms with Gasteiger partial charge in [-0.25, -0.2) is 4.79 Å². The normalized spacial score (nSPS) is 30.8. The number of nitrogens with zero attached hydrogens (tertiary/aromatic N) is 1. The lowest BCUT2D eigenvalue weighted by atomic mass is 9.63. The molecule has 2 aromatic rings. The van der Waals surface area contributed by atoms with E-state index < -0.39 is 5.97 Å². The number of carbonyl (C=O) groups is 4. The second-order valence-electron chi connectivity index (χ2n) is 9.58. The average molecular weight is 441 g/mol. The Morgan fingerprint density at radius 3 is 1.97 bits per heavy atom.